The van der Waals surface area contributed by atoms with Crippen LogP contribution < -0.4 is 5.43 Å². The van der Waals surface area contributed by atoms with E-state index in [1.165, 1.54) is 24.3 Å². The van der Waals surface area contributed by atoms with E-state index in [0.29, 0.717) is 0 Å². The van der Waals surface area contributed by atoms with Crippen molar-refractivity contribution in [2.75, 3.05) is 0 Å². The van der Waals surface area contributed by atoms with E-state index in [9.17, 15) is 23.7 Å². The molecule has 8 heteroatoms. The Morgan fingerprint density at radius 3 is 2.64 bits per heavy atom. The number of hydrogen-bond donors (Lipinski definition) is 1. The summed E-state index contributed by atoms with van der Waals surface area (Å²) in [5.41, 5.74) is 2.22. The smallest absolute Gasteiger partial charge is 0.267 e. The number of amides is 1. The van der Waals surface area contributed by atoms with Gasteiger partial charge in [0.25, 0.3) is 11.6 Å². The summed E-state index contributed by atoms with van der Waals surface area (Å²) in [6, 6.07) is 8.23. The van der Waals surface area contributed by atoms with Crippen LogP contribution in [0.5, 0.6) is 0 Å². The zero-order chi connectivity index (χ0) is 16.1. The third kappa shape index (κ3) is 3.69. The van der Waals surface area contributed by atoms with E-state index in [1.807, 2.05) is 0 Å². The van der Waals surface area contributed by atoms with Gasteiger partial charge in [-0.1, -0.05) is 12.1 Å². The van der Waals surface area contributed by atoms with Crippen molar-refractivity contribution in [2.45, 2.75) is 0 Å². The highest BCUT2D eigenvalue weighted by Crippen LogP contribution is 2.12. The lowest BCUT2D eigenvalue weighted by Crippen LogP contribution is -2.17. The molecule has 0 saturated carbocycles. The van der Waals surface area contributed by atoms with Gasteiger partial charge in [0.2, 0.25) is 0 Å². The predicted octanol–water partition coefficient (Wildman–Crippen LogP) is 2.64. The van der Waals surface area contributed by atoms with E-state index in [1.54, 1.807) is 0 Å². The van der Waals surface area contributed by atoms with E-state index in [4.69, 9.17) is 0 Å². The number of nitro benzene ring substituents is 1. The van der Waals surface area contributed by atoms with E-state index >= 15 is 0 Å². The molecule has 0 aliphatic rings. The van der Waals surface area contributed by atoms with Gasteiger partial charge in [-0.2, -0.15) is 5.10 Å². The first kappa shape index (κ1) is 15.2. The molecule has 1 amide bonds. The molecule has 112 valence electrons. The van der Waals surface area contributed by atoms with Gasteiger partial charge in [-0.25, -0.2) is 14.2 Å². The molecule has 0 spiro atoms. The van der Waals surface area contributed by atoms with Gasteiger partial charge >= 0.3 is 0 Å². The summed E-state index contributed by atoms with van der Waals surface area (Å²) >= 11 is 0. The van der Waals surface area contributed by atoms with Crippen LogP contribution in [0.3, 0.4) is 0 Å². The van der Waals surface area contributed by atoms with Crippen molar-refractivity contribution in [3.8, 4) is 0 Å². The normalized spacial score (nSPS) is 10.6. The van der Waals surface area contributed by atoms with Gasteiger partial charge in [-0.05, 0) is 23.8 Å². The highest BCUT2D eigenvalue weighted by atomic mass is 19.2. The van der Waals surface area contributed by atoms with Crippen molar-refractivity contribution in [3.05, 3.63) is 75.3 Å². The summed E-state index contributed by atoms with van der Waals surface area (Å²) < 4.78 is 25.7. The van der Waals surface area contributed by atoms with E-state index in [0.717, 1.165) is 24.4 Å². The van der Waals surface area contributed by atoms with E-state index in [-0.39, 0.29) is 16.8 Å². The molecule has 2 rings (SSSR count). The largest absolute Gasteiger partial charge is 0.271 e. The van der Waals surface area contributed by atoms with Crippen molar-refractivity contribution < 1.29 is 18.5 Å². The van der Waals surface area contributed by atoms with Crippen LogP contribution in [0.4, 0.5) is 14.5 Å². The number of hydrazone groups is 1. The second-order valence-electron chi connectivity index (χ2n) is 4.18. The number of benzene rings is 2. The molecular formula is C14H9F2N3O3. The number of non-ortho nitro benzene ring substituents is 1. The Balaban J connectivity index is 2.06. The molecule has 0 bridgehead atoms. The molecular weight excluding hydrogens is 296 g/mol. The summed E-state index contributed by atoms with van der Waals surface area (Å²) in [6.45, 7) is 0. The van der Waals surface area contributed by atoms with Gasteiger partial charge in [0, 0.05) is 17.7 Å². The van der Waals surface area contributed by atoms with Gasteiger partial charge in [-0.3, -0.25) is 14.9 Å². The Hall–Kier alpha value is -3.16. The van der Waals surface area contributed by atoms with Crippen molar-refractivity contribution in [3.63, 3.8) is 0 Å². The van der Waals surface area contributed by atoms with Gasteiger partial charge in [0.1, 0.15) is 0 Å². The van der Waals surface area contributed by atoms with Crippen LogP contribution >= 0.6 is 0 Å². The topological polar surface area (TPSA) is 84.6 Å². The van der Waals surface area contributed by atoms with Crippen LogP contribution in [0.1, 0.15) is 15.9 Å². The molecule has 0 saturated heterocycles. The van der Waals surface area contributed by atoms with Gasteiger partial charge in [0.05, 0.1) is 11.1 Å². The summed E-state index contributed by atoms with van der Waals surface area (Å²) in [6.07, 6.45) is 1.12. The van der Waals surface area contributed by atoms with Crippen molar-refractivity contribution in [1.29, 1.82) is 0 Å². The summed E-state index contributed by atoms with van der Waals surface area (Å²) in [7, 11) is 0. The van der Waals surface area contributed by atoms with Gasteiger partial charge in [0.15, 0.2) is 11.6 Å². The number of nitro groups is 1. The van der Waals surface area contributed by atoms with Gasteiger partial charge in [-0.15, -0.1) is 0 Å². The van der Waals surface area contributed by atoms with Crippen molar-refractivity contribution in [2.24, 2.45) is 5.10 Å². The van der Waals surface area contributed by atoms with Gasteiger partial charge < -0.3 is 0 Å². The molecule has 2 aromatic rings. The summed E-state index contributed by atoms with van der Waals surface area (Å²) in [5, 5.41) is 14.2. The second kappa shape index (κ2) is 6.53. The molecule has 22 heavy (non-hydrogen) atoms. The fourth-order valence-corrected chi connectivity index (χ4v) is 1.58. The Labute approximate surface area is 123 Å². The lowest BCUT2D eigenvalue weighted by Gasteiger charge is -2.00. The summed E-state index contributed by atoms with van der Waals surface area (Å²) in [4.78, 5) is 21.7. The van der Waals surface area contributed by atoms with Crippen LogP contribution in [0.2, 0.25) is 0 Å². The number of rotatable bonds is 4. The first-order chi connectivity index (χ1) is 10.5. The van der Waals surface area contributed by atoms with E-state index < -0.39 is 22.5 Å². The molecule has 0 aromatic heterocycles. The number of carbonyl (C=O) groups is 1. The third-order valence-corrected chi connectivity index (χ3v) is 2.64. The van der Waals surface area contributed by atoms with Crippen molar-refractivity contribution in [1.82, 2.24) is 5.43 Å². The monoisotopic (exact) mass is 305 g/mol. The Morgan fingerprint density at radius 1 is 1.18 bits per heavy atom. The maximum absolute atomic E-state index is 13.0. The Bertz CT molecular complexity index is 763. The maximum atomic E-state index is 13.0. The molecule has 0 aliphatic heterocycles. The number of nitrogens with one attached hydrogen (secondary N) is 1. The number of carbonyl (C=O) groups excluding carboxylic acids is 1. The first-order valence-corrected chi connectivity index (χ1v) is 6.00. The Morgan fingerprint density at radius 2 is 1.95 bits per heavy atom. The molecule has 6 nitrogen and oxygen atoms in total. The molecule has 0 unspecified atom stereocenters. The van der Waals surface area contributed by atoms with Crippen LogP contribution in [0.15, 0.2) is 47.6 Å². The first-order valence-electron chi connectivity index (χ1n) is 6.00. The predicted molar refractivity (Wildman–Crippen MR) is 74.5 cm³/mol. The zero-order valence-corrected chi connectivity index (χ0v) is 11.0. The minimum Gasteiger partial charge on any atom is -0.267 e. The second-order valence-corrected chi connectivity index (χ2v) is 4.18. The lowest BCUT2D eigenvalue weighted by molar-refractivity contribution is -0.384. The van der Waals surface area contributed by atoms with E-state index in [2.05, 4.69) is 10.5 Å². The number of hydrogen-bond acceptors (Lipinski definition) is 4. The number of halogens is 2. The fourth-order valence-electron chi connectivity index (χ4n) is 1.58. The number of nitrogens with zero attached hydrogens (tertiary/aromatic N) is 2. The molecule has 1 N–H and O–H groups in total. The average Bonchev–Trinajstić information content (AvgIpc) is 2.51. The fraction of sp³-hybridized carbons (Fsp3) is 0. The minimum absolute atomic E-state index is 0.0524. The average molecular weight is 305 g/mol. The molecule has 0 heterocycles. The molecule has 2 aromatic carbocycles. The molecule has 0 aliphatic carbocycles. The standard InChI is InChI=1S/C14H9F2N3O3/c15-12-5-4-9(6-13(12)16)8-17-18-14(20)10-2-1-3-11(7-10)19(21)22/h1-8H,(H,18,20)/b17-8-. The molecule has 0 fully saturated rings. The highest BCUT2D eigenvalue weighted by molar-refractivity contribution is 5.95. The zero-order valence-electron chi connectivity index (χ0n) is 11.0. The quantitative estimate of drug-likeness (QED) is 0.535. The van der Waals surface area contributed by atoms with Crippen LogP contribution in [-0.4, -0.2) is 17.0 Å². The van der Waals surface area contributed by atoms with Crippen LogP contribution in [0, 0.1) is 21.7 Å². The maximum Gasteiger partial charge on any atom is 0.271 e. The lowest BCUT2D eigenvalue weighted by atomic mass is 10.2. The van der Waals surface area contributed by atoms with Crippen LogP contribution in [-0.2, 0) is 0 Å². The summed E-state index contributed by atoms with van der Waals surface area (Å²) in [5.74, 6) is -2.69. The third-order valence-electron chi connectivity index (χ3n) is 2.64. The SMILES string of the molecule is O=C(N/N=C\c1ccc(F)c(F)c1)c1cccc([N+](=O)[O-])c1. The minimum atomic E-state index is -1.03. The molecule has 0 atom stereocenters. The van der Waals surface area contributed by atoms with Crippen LogP contribution in [0.25, 0.3) is 0 Å². The van der Waals surface area contributed by atoms with Crippen molar-refractivity contribution >= 4 is 17.8 Å². The highest BCUT2D eigenvalue weighted by Gasteiger charge is 2.10. The Kier molecular flexibility index (Phi) is 4.52. The molecule has 0 radical (unpaired) electrons.